The number of carbonyl (C=O) groups excluding carboxylic acids is 2. The van der Waals surface area contributed by atoms with E-state index in [2.05, 4.69) is 9.88 Å². The second-order valence-electron chi connectivity index (χ2n) is 8.18. The molecule has 8 heteroatoms. The zero-order valence-electron chi connectivity index (χ0n) is 18.0. The first kappa shape index (κ1) is 22.1. The molecule has 4 rings (SSSR count). The van der Waals surface area contributed by atoms with Crippen LogP contribution in [0.25, 0.3) is 0 Å². The molecule has 0 spiro atoms. The molecule has 0 unspecified atom stereocenters. The summed E-state index contributed by atoms with van der Waals surface area (Å²) < 4.78 is 0. The van der Waals surface area contributed by atoms with Crippen LogP contribution >= 0.6 is 23.1 Å². The number of piperazine rings is 1. The summed E-state index contributed by atoms with van der Waals surface area (Å²) in [4.78, 5) is 37.3. The summed E-state index contributed by atoms with van der Waals surface area (Å²) in [5, 5.41) is 3.00. The van der Waals surface area contributed by atoms with Crippen LogP contribution in [-0.4, -0.2) is 71.6 Å². The van der Waals surface area contributed by atoms with Crippen molar-refractivity contribution in [3.63, 3.8) is 0 Å². The first-order valence-electron chi connectivity index (χ1n) is 11.0. The minimum absolute atomic E-state index is 0.0509. The average molecular weight is 459 g/mol. The Morgan fingerprint density at radius 3 is 2.58 bits per heavy atom. The van der Waals surface area contributed by atoms with Crippen LogP contribution in [0.4, 0.5) is 5.13 Å². The summed E-state index contributed by atoms with van der Waals surface area (Å²) in [6.45, 7) is 2.94. The summed E-state index contributed by atoms with van der Waals surface area (Å²) in [5.41, 5.74) is 0.698. The number of benzene rings is 1. The highest BCUT2D eigenvalue weighted by molar-refractivity contribution is 8.00. The van der Waals surface area contributed by atoms with Crippen LogP contribution < -0.4 is 4.90 Å². The van der Waals surface area contributed by atoms with Crippen molar-refractivity contribution in [3.05, 3.63) is 41.4 Å². The standard InChI is InChI=1S/C23H30N4O2S2/c1-25(18-7-3-2-4-8-18)21(28)17-31-20-10-6-5-9-19(20)22(29)26-12-14-27(15-13-26)23-24-11-16-30-23/h5-6,9-11,16,18H,2-4,7-8,12-15,17H2,1H3. The molecule has 2 aromatic rings. The zero-order chi connectivity index (χ0) is 21.6. The van der Waals surface area contributed by atoms with Crippen LogP contribution in [0.2, 0.25) is 0 Å². The quantitative estimate of drug-likeness (QED) is 0.613. The SMILES string of the molecule is CN(C(=O)CSc1ccccc1C(=O)N1CCN(c2nccs2)CC1)C1CCCCC1. The molecule has 1 saturated heterocycles. The van der Waals surface area contributed by atoms with Crippen LogP contribution in [0.5, 0.6) is 0 Å². The number of aromatic nitrogens is 1. The lowest BCUT2D eigenvalue weighted by Crippen LogP contribution is -2.48. The van der Waals surface area contributed by atoms with Crippen molar-refractivity contribution < 1.29 is 9.59 Å². The lowest BCUT2D eigenvalue weighted by atomic mass is 9.94. The molecule has 2 aliphatic rings. The highest BCUT2D eigenvalue weighted by Crippen LogP contribution is 2.27. The monoisotopic (exact) mass is 458 g/mol. The van der Waals surface area contributed by atoms with Gasteiger partial charge in [-0.05, 0) is 25.0 Å². The first-order valence-corrected chi connectivity index (χ1v) is 12.9. The number of hydrogen-bond acceptors (Lipinski definition) is 6. The number of thiazole rings is 1. The lowest BCUT2D eigenvalue weighted by Gasteiger charge is -2.35. The number of rotatable bonds is 6. The molecule has 0 atom stereocenters. The minimum Gasteiger partial charge on any atom is -0.345 e. The van der Waals surface area contributed by atoms with Gasteiger partial charge in [0, 0.05) is 55.7 Å². The van der Waals surface area contributed by atoms with E-state index in [0.29, 0.717) is 30.4 Å². The Bertz CT molecular complexity index is 875. The van der Waals surface area contributed by atoms with E-state index in [1.165, 1.54) is 31.0 Å². The molecule has 1 aliphatic heterocycles. The van der Waals surface area contributed by atoms with Crippen molar-refractivity contribution in [2.24, 2.45) is 0 Å². The van der Waals surface area contributed by atoms with Gasteiger partial charge in [-0.3, -0.25) is 9.59 Å². The van der Waals surface area contributed by atoms with E-state index in [1.807, 2.05) is 52.7 Å². The van der Waals surface area contributed by atoms with E-state index in [-0.39, 0.29) is 11.8 Å². The van der Waals surface area contributed by atoms with Crippen LogP contribution in [0.1, 0.15) is 42.5 Å². The highest BCUT2D eigenvalue weighted by atomic mass is 32.2. The third-order valence-electron chi connectivity index (χ3n) is 6.24. The Kier molecular flexibility index (Phi) is 7.50. The molecule has 1 aliphatic carbocycles. The maximum Gasteiger partial charge on any atom is 0.255 e. The van der Waals surface area contributed by atoms with Crippen molar-refractivity contribution in [2.45, 2.75) is 43.0 Å². The molecule has 2 fully saturated rings. The van der Waals surface area contributed by atoms with E-state index in [9.17, 15) is 9.59 Å². The summed E-state index contributed by atoms with van der Waals surface area (Å²) in [6.07, 6.45) is 7.73. The van der Waals surface area contributed by atoms with Crippen LogP contribution in [0.15, 0.2) is 40.7 Å². The van der Waals surface area contributed by atoms with Crippen LogP contribution in [-0.2, 0) is 4.79 Å². The van der Waals surface area contributed by atoms with Gasteiger partial charge in [-0.25, -0.2) is 4.98 Å². The third-order valence-corrected chi connectivity index (χ3v) is 8.13. The van der Waals surface area contributed by atoms with E-state index >= 15 is 0 Å². The first-order chi connectivity index (χ1) is 15.1. The number of thioether (sulfide) groups is 1. The van der Waals surface area contributed by atoms with Crippen molar-refractivity contribution in [2.75, 3.05) is 43.9 Å². The van der Waals surface area contributed by atoms with Gasteiger partial charge in [-0.1, -0.05) is 31.4 Å². The fraction of sp³-hybridized carbons (Fsp3) is 0.522. The van der Waals surface area contributed by atoms with E-state index in [4.69, 9.17) is 0 Å². The molecule has 31 heavy (non-hydrogen) atoms. The van der Waals surface area contributed by atoms with Crippen molar-refractivity contribution in [3.8, 4) is 0 Å². The van der Waals surface area contributed by atoms with Gasteiger partial charge in [0.25, 0.3) is 5.91 Å². The van der Waals surface area contributed by atoms with Crippen molar-refractivity contribution in [1.29, 1.82) is 0 Å². The summed E-state index contributed by atoms with van der Waals surface area (Å²) in [6, 6.07) is 8.05. The molecular formula is C23H30N4O2S2. The zero-order valence-corrected chi connectivity index (χ0v) is 19.7. The molecule has 1 aromatic heterocycles. The number of nitrogens with zero attached hydrogens (tertiary/aromatic N) is 4. The molecule has 6 nitrogen and oxygen atoms in total. The number of carbonyl (C=O) groups is 2. The predicted octanol–water partition coefficient (Wildman–Crippen LogP) is 3.99. The van der Waals surface area contributed by atoms with Crippen LogP contribution in [0.3, 0.4) is 0 Å². The number of amides is 2. The molecule has 0 N–H and O–H groups in total. The van der Waals surface area contributed by atoms with E-state index in [1.54, 1.807) is 11.3 Å². The lowest BCUT2D eigenvalue weighted by molar-refractivity contribution is -0.129. The molecule has 0 bridgehead atoms. The van der Waals surface area contributed by atoms with Crippen LogP contribution in [0, 0.1) is 0 Å². The van der Waals surface area contributed by atoms with E-state index in [0.717, 1.165) is 36.0 Å². The average Bonchev–Trinajstić information content (AvgIpc) is 3.37. The molecule has 0 radical (unpaired) electrons. The Morgan fingerprint density at radius 1 is 1.13 bits per heavy atom. The second-order valence-corrected chi connectivity index (χ2v) is 10.1. The Hall–Kier alpha value is -2.06. The van der Waals surface area contributed by atoms with E-state index < -0.39 is 0 Å². The Morgan fingerprint density at radius 2 is 1.87 bits per heavy atom. The fourth-order valence-corrected chi connectivity index (χ4v) is 5.99. The maximum atomic E-state index is 13.2. The van der Waals surface area contributed by atoms with Gasteiger partial charge in [0.2, 0.25) is 5.91 Å². The third kappa shape index (κ3) is 5.41. The Balaban J connectivity index is 1.34. The van der Waals surface area contributed by atoms with Gasteiger partial charge in [0.15, 0.2) is 5.13 Å². The summed E-state index contributed by atoms with van der Waals surface area (Å²) in [7, 11) is 1.93. The molecular weight excluding hydrogens is 428 g/mol. The van der Waals surface area contributed by atoms with Gasteiger partial charge in [0.1, 0.15) is 0 Å². The molecule has 1 aromatic carbocycles. The normalized spacial score (nSPS) is 17.6. The minimum atomic E-state index is 0.0509. The maximum absolute atomic E-state index is 13.2. The van der Waals surface area contributed by atoms with Gasteiger partial charge in [-0.15, -0.1) is 23.1 Å². The smallest absolute Gasteiger partial charge is 0.255 e. The topological polar surface area (TPSA) is 56.8 Å². The largest absolute Gasteiger partial charge is 0.345 e. The van der Waals surface area contributed by atoms with Gasteiger partial charge >= 0.3 is 0 Å². The Labute approximate surface area is 192 Å². The highest BCUT2D eigenvalue weighted by Gasteiger charge is 2.26. The van der Waals surface area contributed by atoms with Gasteiger partial charge < -0.3 is 14.7 Å². The molecule has 1 saturated carbocycles. The predicted molar refractivity (Wildman–Crippen MR) is 127 cm³/mol. The van der Waals surface area contributed by atoms with Crippen molar-refractivity contribution in [1.82, 2.24) is 14.8 Å². The van der Waals surface area contributed by atoms with Gasteiger partial charge in [-0.2, -0.15) is 0 Å². The second kappa shape index (κ2) is 10.5. The fourth-order valence-electron chi connectivity index (χ4n) is 4.33. The van der Waals surface area contributed by atoms with Gasteiger partial charge in [0.05, 0.1) is 11.3 Å². The molecule has 166 valence electrons. The molecule has 2 amide bonds. The molecule has 2 heterocycles. The number of hydrogen-bond donors (Lipinski definition) is 0. The number of anilines is 1. The summed E-state index contributed by atoms with van der Waals surface area (Å²) in [5.74, 6) is 0.570. The summed E-state index contributed by atoms with van der Waals surface area (Å²) >= 11 is 3.11. The van der Waals surface area contributed by atoms with Crippen molar-refractivity contribution >= 4 is 40.0 Å².